The second kappa shape index (κ2) is 11.1. The number of benzene rings is 2. The van der Waals surface area contributed by atoms with E-state index in [4.69, 9.17) is 9.47 Å². The number of esters is 2. The van der Waals surface area contributed by atoms with Crippen molar-refractivity contribution in [2.75, 3.05) is 13.2 Å². The van der Waals surface area contributed by atoms with E-state index in [1.54, 1.807) is 6.07 Å². The number of amides is 1. The van der Waals surface area contributed by atoms with Crippen LogP contribution in [-0.4, -0.2) is 37.1 Å². The van der Waals surface area contributed by atoms with Crippen LogP contribution in [-0.2, 0) is 19.1 Å². The minimum absolute atomic E-state index is 0.0469. The Morgan fingerprint density at radius 2 is 1.43 bits per heavy atom. The molecule has 0 aliphatic carbocycles. The lowest BCUT2D eigenvalue weighted by Crippen LogP contribution is -2.42. The summed E-state index contributed by atoms with van der Waals surface area (Å²) in [5.74, 6) is -0.988. The molecule has 0 unspecified atom stereocenters. The van der Waals surface area contributed by atoms with Crippen LogP contribution in [0.2, 0.25) is 0 Å². The Kier molecular flexibility index (Phi) is 8.46. The summed E-state index contributed by atoms with van der Waals surface area (Å²) in [7, 11) is 0. The molecule has 1 amide bonds. The average Bonchev–Trinajstić information content (AvgIpc) is 2.70. The molecule has 2 rings (SSSR count). The maximum Gasteiger partial charge on any atom is 0.305 e. The molecule has 0 spiro atoms. The van der Waals surface area contributed by atoms with E-state index in [0.29, 0.717) is 31.2 Å². The van der Waals surface area contributed by atoms with E-state index in [9.17, 15) is 14.4 Å². The van der Waals surface area contributed by atoms with Crippen molar-refractivity contribution >= 4 is 28.6 Å². The third-order valence-electron chi connectivity index (χ3n) is 4.17. The Morgan fingerprint density at radius 1 is 0.857 bits per heavy atom. The molecule has 1 N–H and O–H groups in total. The van der Waals surface area contributed by atoms with Gasteiger partial charge in [-0.2, -0.15) is 0 Å². The van der Waals surface area contributed by atoms with Crippen LogP contribution in [0.4, 0.5) is 0 Å². The monoisotopic (exact) mass is 385 g/mol. The van der Waals surface area contributed by atoms with Crippen molar-refractivity contribution in [3.8, 4) is 0 Å². The smallest absolute Gasteiger partial charge is 0.305 e. The summed E-state index contributed by atoms with van der Waals surface area (Å²) in [6, 6.07) is 12.5. The lowest BCUT2D eigenvalue weighted by atomic mass is 10.0. The molecule has 0 aliphatic heterocycles. The van der Waals surface area contributed by atoms with Crippen molar-refractivity contribution in [3.05, 3.63) is 48.0 Å². The Morgan fingerprint density at radius 3 is 2.04 bits per heavy atom. The summed E-state index contributed by atoms with van der Waals surface area (Å²) in [6.45, 7) is 3.67. The molecule has 0 aromatic heterocycles. The number of nitrogens with one attached hydrogen (secondary N) is 1. The van der Waals surface area contributed by atoms with Crippen molar-refractivity contribution in [1.82, 2.24) is 5.32 Å². The summed E-state index contributed by atoms with van der Waals surface area (Å²) in [5.41, 5.74) is 0.517. The Hall–Kier alpha value is -2.89. The predicted molar refractivity (Wildman–Crippen MR) is 107 cm³/mol. The molecule has 150 valence electrons. The fraction of sp³-hybridized carbons (Fsp3) is 0.409. The van der Waals surface area contributed by atoms with Gasteiger partial charge >= 0.3 is 11.9 Å². The normalized spacial score (nSPS) is 10.7. The summed E-state index contributed by atoms with van der Waals surface area (Å²) in [4.78, 5) is 36.2. The summed E-state index contributed by atoms with van der Waals surface area (Å²) in [5, 5.41) is 4.61. The highest BCUT2D eigenvalue weighted by Gasteiger charge is 2.19. The molecule has 0 heterocycles. The van der Waals surface area contributed by atoms with Gasteiger partial charge in [0, 0.05) is 18.4 Å². The van der Waals surface area contributed by atoms with E-state index in [2.05, 4.69) is 5.32 Å². The number of fused-ring (bicyclic) bond motifs is 1. The number of rotatable bonds is 10. The molecule has 0 bridgehead atoms. The predicted octanol–water partition coefficient (Wildman–Crippen LogP) is 3.62. The highest BCUT2D eigenvalue weighted by atomic mass is 16.5. The average molecular weight is 385 g/mol. The van der Waals surface area contributed by atoms with Gasteiger partial charge in [-0.05, 0) is 29.7 Å². The lowest BCUT2D eigenvalue weighted by Gasteiger charge is -2.19. The molecule has 0 aliphatic rings. The quantitative estimate of drug-likeness (QED) is 0.632. The standard InChI is InChI=1S/C22H27NO5/c1-3-8-20(24)27-14-17(15-28-21(25)9-4-2)23-22(26)19-13-7-11-16-10-5-6-12-18(16)19/h5-7,10-13,17H,3-4,8-9,14-15H2,1-2H3,(H,23,26). The van der Waals surface area contributed by atoms with Crippen LogP contribution in [0.1, 0.15) is 49.9 Å². The third-order valence-corrected chi connectivity index (χ3v) is 4.17. The first-order chi connectivity index (χ1) is 13.5. The molecule has 0 radical (unpaired) electrons. The van der Waals surface area contributed by atoms with Crippen LogP contribution in [0, 0.1) is 0 Å². The van der Waals surface area contributed by atoms with Crippen LogP contribution in [0.3, 0.4) is 0 Å². The molecular formula is C22H27NO5. The first kappa shape index (κ1) is 21.4. The van der Waals surface area contributed by atoms with E-state index >= 15 is 0 Å². The number of hydrogen-bond donors (Lipinski definition) is 1. The topological polar surface area (TPSA) is 81.7 Å². The maximum atomic E-state index is 12.8. The molecule has 2 aromatic rings. The zero-order chi connectivity index (χ0) is 20.4. The molecule has 2 aromatic carbocycles. The molecule has 28 heavy (non-hydrogen) atoms. The molecular weight excluding hydrogens is 358 g/mol. The van der Waals surface area contributed by atoms with Crippen LogP contribution in [0.5, 0.6) is 0 Å². The molecule has 6 heteroatoms. The van der Waals surface area contributed by atoms with Gasteiger partial charge in [0.1, 0.15) is 13.2 Å². The van der Waals surface area contributed by atoms with E-state index in [-0.39, 0.29) is 31.1 Å². The zero-order valence-corrected chi connectivity index (χ0v) is 16.4. The minimum Gasteiger partial charge on any atom is -0.463 e. The van der Waals surface area contributed by atoms with Gasteiger partial charge in [-0.25, -0.2) is 0 Å². The van der Waals surface area contributed by atoms with E-state index < -0.39 is 6.04 Å². The SMILES string of the molecule is CCCC(=O)OCC(COC(=O)CCC)NC(=O)c1cccc2ccccc12. The second-order valence-electron chi connectivity index (χ2n) is 6.56. The first-order valence-electron chi connectivity index (χ1n) is 9.65. The van der Waals surface area contributed by atoms with E-state index in [1.807, 2.05) is 50.2 Å². The molecule has 0 fully saturated rings. The second-order valence-corrected chi connectivity index (χ2v) is 6.56. The Labute approximate surface area is 165 Å². The number of ether oxygens (including phenoxy) is 2. The molecule has 0 atom stereocenters. The van der Waals surface area contributed by atoms with Gasteiger partial charge in [0.2, 0.25) is 0 Å². The van der Waals surface area contributed by atoms with Gasteiger partial charge in [0.15, 0.2) is 0 Å². The third kappa shape index (κ3) is 6.37. The Balaban J connectivity index is 2.09. The van der Waals surface area contributed by atoms with Gasteiger partial charge in [-0.1, -0.05) is 50.2 Å². The molecule has 0 saturated carbocycles. The van der Waals surface area contributed by atoms with Crippen molar-refractivity contribution in [2.24, 2.45) is 0 Å². The number of carbonyl (C=O) groups excluding carboxylic acids is 3. The molecule has 6 nitrogen and oxygen atoms in total. The van der Waals surface area contributed by atoms with Gasteiger partial charge in [-0.15, -0.1) is 0 Å². The van der Waals surface area contributed by atoms with Crippen LogP contribution in [0.15, 0.2) is 42.5 Å². The summed E-state index contributed by atoms with van der Waals surface area (Å²) < 4.78 is 10.4. The summed E-state index contributed by atoms with van der Waals surface area (Å²) >= 11 is 0. The largest absolute Gasteiger partial charge is 0.463 e. The highest BCUT2D eigenvalue weighted by molar-refractivity contribution is 6.07. The summed E-state index contributed by atoms with van der Waals surface area (Å²) in [6.07, 6.45) is 1.97. The van der Waals surface area contributed by atoms with Crippen LogP contribution in [0.25, 0.3) is 10.8 Å². The van der Waals surface area contributed by atoms with Crippen molar-refractivity contribution in [3.63, 3.8) is 0 Å². The van der Waals surface area contributed by atoms with Gasteiger partial charge in [0.05, 0.1) is 6.04 Å². The van der Waals surface area contributed by atoms with Gasteiger partial charge in [0.25, 0.3) is 5.91 Å². The Bertz CT molecular complexity index is 790. The lowest BCUT2D eigenvalue weighted by molar-refractivity contribution is -0.147. The van der Waals surface area contributed by atoms with Crippen molar-refractivity contribution < 1.29 is 23.9 Å². The van der Waals surface area contributed by atoms with Crippen molar-refractivity contribution in [1.29, 1.82) is 0 Å². The van der Waals surface area contributed by atoms with Gasteiger partial charge < -0.3 is 14.8 Å². The highest BCUT2D eigenvalue weighted by Crippen LogP contribution is 2.18. The fourth-order valence-corrected chi connectivity index (χ4v) is 2.76. The van der Waals surface area contributed by atoms with E-state index in [0.717, 1.165) is 10.8 Å². The zero-order valence-electron chi connectivity index (χ0n) is 16.4. The van der Waals surface area contributed by atoms with Crippen LogP contribution >= 0.6 is 0 Å². The van der Waals surface area contributed by atoms with E-state index in [1.165, 1.54) is 0 Å². The van der Waals surface area contributed by atoms with Crippen molar-refractivity contribution in [2.45, 2.75) is 45.6 Å². The fourth-order valence-electron chi connectivity index (χ4n) is 2.76. The number of hydrogen-bond acceptors (Lipinski definition) is 5. The maximum absolute atomic E-state index is 12.8. The number of carbonyl (C=O) groups is 3. The molecule has 0 saturated heterocycles. The van der Waals surface area contributed by atoms with Crippen LogP contribution < -0.4 is 5.32 Å². The minimum atomic E-state index is -0.618. The van der Waals surface area contributed by atoms with Gasteiger partial charge in [-0.3, -0.25) is 14.4 Å². The first-order valence-corrected chi connectivity index (χ1v) is 9.65.